The van der Waals surface area contributed by atoms with Crippen molar-refractivity contribution in [3.05, 3.63) is 0 Å². The zero-order chi connectivity index (χ0) is 10.9. The van der Waals surface area contributed by atoms with Crippen molar-refractivity contribution in [2.45, 2.75) is 37.8 Å². The third-order valence-corrected chi connectivity index (χ3v) is 3.77. The molecule has 2 atom stereocenters. The summed E-state index contributed by atoms with van der Waals surface area (Å²) in [4.78, 5) is 14.4. The van der Waals surface area contributed by atoms with Crippen LogP contribution in [0.1, 0.15) is 26.2 Å². The van der Waals surface area contributed by atoms with Crippen LogP contribution in [-0.2, 0) is 9.53 Å². The van der Waals surface area contributed by atoms with Gasteiger partial charge in [0.1, 0.15) is 5.54 Å². The predicted molar refractivity (Wildman–Crippen MR) is 57.6 cm³/mol. The highest BCUT2D eigenvalue weighted by Gasteiger charge is 2.54. The number of methoxy groups -OCH3 is 1. The average Bonchev–Trinajstić information content (AvgIpc) is 2.81. The molecule has 2 saturated heterocycles. The third-order valence-electron chi connectivity index (χ3n) is 3.77. The van der Waals surface area contributed by atoms with Gasteiger partial charge in [-0.1, -0.05) is 6.92 Å². The Morgan fingerprint density at radius 2 is 2.40 bits per heavy atom. The van der Waals surface area contributed by atoms with Crippen LogP contribution in [0.25, 0.3) is 0 Å². The molecule has 0 amide bonds. The Bertz CT molecular complexity index is 253. The van der Waals surface area contributed by atoms with Crippen LogP contribution in [0.5, 0.6) is 0 Å². The molecular weight excluding hydrogens is 192 g/mol. The number of carbonyl (C=O) groups excluding carboxylic acids is 1. The molecule has 0 aliphatic carbocycles. The summed E-state index contributed by atoms with van der Waals surface area (Å²) in [6.45, 7) is 5.02. The summed E-state index contributed by atoms with van der Waals surface area (Å²) in [5.41, 5.74) is -0.431. The van der Waals surface area contributed by atoms with E-state index in [0.29, 0.717) is 6.04 Å². The monoisotopic (exact) mass is 212 g/mol. The Hall–Kier alpha value is -0.610. The first-order chi connectivity index (χ1) is 7.24. The summed E-state index contributed by atoms with van der Waals surface area (Å²) in [5.74, 6) is -0.0845. The topological polar surface area (TPSA) is 41.6 Å². The Morgan fingerprint density at radius 3 is 3.07 bits per heavy atom. The van der Waals surface area contributed by atoms with E-state index in [1.807, 2.05) is 6.92 Å². The number of esters is 1. The maximum Gasteiger partial charge on any atom is 0.327 e. The largest absolute Gasteiger partial charge is 0.468 e. The molecule has 0 saturated carbocycles. The maximum absolute atomic E-state index is 12.0. The summed E-state index contributed by atoms with van der Waals surface area (Å²) >= 11 is 0. The first-order valence-corrected chi connectivity index (χ1v) is 5.82. The Labute approximate surface area is 91.0 Å². The van der Waals surface area contributed by atoms with Crippen LogP contribution in [0.15, 0.2) is 0 Å². The molecule has 15 heavy (non-hydrogen) atoms. The normalized spacial score (nSPS) is 35.5. The molecule has 2 aliphatic heterocycles. The van der Waals surface area contributed by atoms with Gasteiger partial charge in [0.05, 0.1) is 7.11 Å². The molecule has 0 bridgehead atoms. The molecule has 2 heterocycles. The van der Waals surface area contributed by atoms with Crippen molar-refractivity contribution in [3.8, 4) is 0 Å². The maximum atomic E-state index is 12.0. The van der Waals surface area contributed by atoms with Crippen LogP contribution >= 0.6 is 0 Å². The van der Waals surface area contributed by atoms with Gasteiger partial charge in [-0.15, -0.1) is 0 Å². The quantitative estimate of drug-likeness (QED) is 0.687. The van der Waals surface area contributed by atoms with E-state index in [-0.39, 0.29) is 5.97 Å². The number of fused-ring (bicyclic) bond motifs is 1. The SMILES string of the molecule is CCNC1(C(=O)OC)CCN2CCCC21. The molecule has 0 aromatic rings. The van der Waals surface area contributed by atoms with Crippen molar-refractivity contribution >= 4 is 5.97 Å². The van der Waals surface area contributed by atoms with Crippen LogP contribution in [0, 0.1) is 0 Å². The van der Waals surface area contributed by atoms with Crippen molar-refractivity contribution in [2.24, 2.45) is 0 Å². The molecular formula is C11H20N2O2. The average molecular weight is 212 g/mol. The smallest absolute Gasteiger partial charge is 0.327 e. The van der Waals surface area contributed by atoms with E-state index in [0.717, 1.165) is 32.5 Å². The lowest BCUT2D eigenvalue weighted by Crippen LogP contribution is -2.59. The number of rotatable bonds is 3. The molecule has 4 nitrogen and oxygen atoms in total. The lowest BCUT2D eigenvalue weighted by Gasteiger charge is -2.33. The van der Waals surface area contributed by atoms with Crippen LogP contribution in [-0.4, -0.2) is 49.2 Å². The van der Waals surface area contributed by atoms with E-state index < -0.39 is 5.54 Å². The van der Waals surface area contributed by atoms with Crippen molar-refractivity contribution in [2.75, 3.05) is 26.7 Å². The van der Waals surface area contributed by atoms with E-state index in [1.54, 1.807) is 0 Å². The molecule has 0 aromatic heterocycles. The highest BCUT2D eigenvalue weighted by molar-refractivity contribution is 5.82. The van der Waals surface area contributed by atoms with Gasteiger partial charge >= 0.3 is 5.97 Å². The van der Waals surface area contributed by atoms with Gasteiger partial charge in [-0.05, 0) is 32.4 Å². The lowest BCUT2D eigenvalue weighted by molar-refractivity contribution is -0.149. The summed E-state index contributed by atoms with van der Waals surface area (Å²) in [6, 6.07) is 0.352. The third kappa shape index (κ3) is 1.56. The van der Waals surface area contributed by atoms with Gasteiger partial charge in [0.2, 0.25) is 0 Å². The molecule has 2 aliphatic rings. The zero-order valence-corrected chi connectivity index (χ0v) is 9.58. The molecule has 0 radical (unpaired) electrons. The number of nitrogens with zero attached hydrogens (tertiary/aromatic N) is 1. The molecule has 2 fully saturated rings. The fourth-order valence-electron chi connectivity index (χ4n) is 3.15. The zero-order valence-electron chi connectivity index (χ0n) is 9.58. The molecule has 2 rings (SSSR count). The molecule has 2 unspecified atom stereocenters. The molecule has 86 valence electrons. The minimum atomic E-state index is -0.431. The Kier molecular flexibility index (Phi) is 2.98. The second-order valence-electron chi connectivity index (χ2n) is 4.44. The van der Waals surface area contributed by atoms with Crippen LogP contribution in [0.3, 0.4) is 0 Å². The molecule has 4 heteroatoms. The number of hydrogen-bond acceptors (Lipinski definition) is 4. The number of nitrogens with one attached hydrogen (secondary N) is 1. The number of ether oxygens (including phenoxy) is 1. The van der Waals surface area contributed by atoms with E-state index in [4.69, 9.17) is 4.74 Å². The van der Waals surface area contributed by atoms with E-state index in [1.165, 1.54) is 13.5 Å². The molecule has 0 aromatic carbocycles. The fraction of sp³-hybridized carbons (Fsp3) is 0.909. The number of carbonyl (C=O) groups is 1. The second-order valence-corrected chi connectivity index (χ2v) is 4.44. The Balaban J connectivity index is 2.22. The number of hydrogen-bond donors (Lipinski definition) is 1. The summed E-state index contributed by atoms with van der Waals surface area (Å²) in [5, 5.41) is 3.36. The van der Waals surface area contributed by atoms with Gasteiger partial charge in [-0.2, -0.15) is 0 Å². The predicted octanol–water partition coefficient (Wildman–Crippen LogP) is 0.376. The summed E-state index contributed by atoms with van der Waals surface area (Å²) in [7, 11) is 1.49. The van der Waals surface area contributed by atoms with Crippen LogP contribution < -0.4 is 5.32 Å². The summed E-state index contributed by atoms with van der Waals surface area (Å²) < 4.78 is 4.97. The first kappa shape index (κ1) is 10.9. The van der Waals surface area contributed by atoms with E-state index in [9.17, 15) is 4.79 Å². The van der Waals surface area contributed by atoms with Gasteiger partial charge in [-0.3, -0.25) is 4.90 Å². The fourth-order valence-corrected chi connectivity index (χ4v) is 3.15. The van der Waals surface area contributed by atoms with E-state index >= 15 is 0 Å². The van der Waals surface area contributed by atoms with Gasteiger partial charge in [0, 0.05) is 12.6 Å². The van der Waals surface area contributed by atoms with Crippen molar-refractivity contribution in [1.29, 1.82) is 0 Å². The molecule has 1 N–H and O–H groups in total. The van der Waals surface area contributed by atoms with Gasteiger partial charge in [0.25, 0.3) is 0 Å². The standard InChI is InChI=1S/C11H20N2O2/c1-3-12-11(10(14)15-2)6-8-13-7-4-5-9(11)13/h9,12H,3-8H2,1-2H3. The van der Waals surface area contributed by atoms with Crippen molar-refractivity contribution < 1.29 is 9.53 Å². The second kappa shape index (κ2) is 4.10. The van der Waals surface area contributed by atoms with Crippen LogP contribution in [0.4, 0.5) is 0 Å². The first-order valence-electron chi connectivity index (χ1n) is 5.82. The summed E-state index contributed by atoms with van der Waals surface area (Å²) in [6.07, 6.45) is 3.20. The van der Waals surface area contributed by atoms with Crippen LogP contribution in [0.2, 0.25) is 0 Å². The highest BCUT2D eigenvalue weighted by atomic mass is 16.5. The molecule has 0 spiro atoms. The lowest BCUT2D eigenvalue weighted by atomic mass is 9.88. The number of likely N-dealkylation sites (N-methyl/N-ethyl adjacent to an activating group) is 1. The van der Waals surface area contributed by atoms with Gasteiger partial charge in [-0.25, -0.2) is 4.79 Å². The van der Waals surface area contributed by atoms with Gasteiger partial charge in [0.15, 0.2) is 0 Å². The highest BCUT2D eigenvalue weighted by Crippen LogP contribution is 2.36. The minimum Gasteiger partial charge on any atom is -0.468 e. The van der Waals surface area contributed by atoms with Gasteiger partial charge < -0.3 is 10.1 Å². The van der Waals surface area contributed by atoms with Crippen molar-refractivity contribution in [3.63, 3.8) is 0 Å². The van der Waals surface area contributed by atoms with E-state index in [2.05, 4.69) is 10.2 Å². The Morgan fingerprint density at radius 1 is 1.60 bits per heavy atom. The minimum absolute atomic E-state index is 0.0845. The van der Waals surface area contributed by atoms with Crippen molar-refractivity contribution in [1.82, 2.24) is 10.2 Å².